The lowest BCUT2D eigenvalue weighted by Crippen LogP contribution is -2.62. The number of hydrogen-bond donors (Lipinski definition) is 3. The fourth-order valence-corrected chi connectivity index (χ4v) is 10.7. The Balaban J connectivity index is 1.32. The number of likely N-dealkylation sites (tertiary alicyclic amines) is 1. The van der Waals surface area contributed by atoms with Gasteiger partial charge in [-0.3, -0.25) is 34.0 Å². The van der Waals surface area contributed by atoms with E-state index in [0.29, 0.717) is 50.8 Å². The Morgan fingerprint density at radius 2 is 1.87 bits per heavy atom. The van der Waals surface area contributed by atoms with E-state index in [1.165, 1.54) is 21.7 Å². The van der Waals surface area contributed by atoms with Gasteiger partial charge < -0.3 is 34.3 Å². The average Bonchev–Trinajstić information content (AvgIpc) is 3.91. The van der Waals surface area contributed by atoms with Gasteiger partial charge in [-0.15, -0.1) is 0 Å². The highest BCUT2D eigenvalue weighted by Gasteiger charge is 2.41. The van der Waals surface area contributed by atoms with Gasteiger partial charge in [0.1, 0.15) is 23.9 Å². The van der Waals surface area contributed by atoms with Gasteiger partial charge in [0.05, 0.1) is 30.0 Å². The highest BCUT2D eigenvalue weighted by atomic mass is 16.5. The second-order valence-corrected chi connectivity index (χ2v) is 20.5. The van der Waals surface area contributed by atoms with Gasteiger partial charge in [-0.2, -0.15) is 0 Å². The zero-order chi connectivity index (χ0) is 49.4. The number of aromatic hydroxyl groups is 1. The van der Waals surface area contributed by atoms with Gasteiger partial charge in [0, 0.05) is 69.6 Å². The normalized spacial score (nSPS) is 22.7. The Labute approximate surface area is 401 Å². The molecule has 4 amide bonds. The molecule has 6 bridgehead atoms. The first-order valence-electron chi connectivity index (χ1n) is 24.3. The molecule has 0 spiro atoms. The number of fused-ring (bicyclic) bond motifs is 5. The van der Waals surface area contributed by atoms with E-state index < -0.39 is 47.2 Å². The number of aryl methyl sites for hydroxylation is 1. The molecular formula is C53H71N7O8. The quantitative estimate of drug-likeness (QED) is 0.157. The van der Waals surface area contributed by atoms with Crippen molar-refractivity contribution in [3.63, 3.8) is 0 Å². The number of nitrogens with one attached hydrogen (secondary N) is 2. The number of nitrogens with zero attached hydrogens (tertiary/aromatic N) is 5. The number of phenols is 1. The van der Waals surface area contributed by atoms with Crippen molar-refractivity contribution in [1.29, 1.82) is 0 Å². The summed E-state index contributed by atoms with van der Waals surface area (Å²) in [7, 11) is 3.28. The van der Waals surface area contributed by atoms with Crippen LogP contribution in [-0.4, -0.2) is 118 Å². The second-order valence-electron chi connectivity index (χ2n) is 20.5. The third-order valence-corrected chi connectivity index (χ3v) is 14.3. The molecule has 0 radical (unpaired) electrons. The van der Waals surface area contributed by atoms with E-state index in [4.69, 9.17) is 14.5 Å². The summed E-state index contributed by atoms with van der Waals surface area (Å²) in [5.41, 5.74) is 12.3. The number of ether oxygens (including phenoxy) is 2. The van der Waals surface area contributed by atoms with E-state index in [1.54, 1.807) is 31.2 Å². The predicted molar refractivity (Wildman–Crippen MR) is 261 cm³/mol. The third-order valence-electron chi connectivity index (χ3n) is 14.3. The molecule has 2 aromatic heterocycles. The van der Waals surface area contributed by atoms with Crippen molar-refractivity contribution < 1.29 is 38.6 Å². The summed E-state index contributed by atoms with van der Waals surface area (Å²) in [6, 6.07) is 4.63. The number of phenolic OH excluding ortho intramolecular Hbond substituents is 1. The molecule has 15 heteroatoms. The summed E-state index contributed by atoms with van der Waals surface area (Å²) in [5.74, 6) is -2.76. The first kappa shape index (κ1) is 50.1. The fraction of sp³-hybridized carbons (Fsp3) is 0.547. The van der Waals surface area contributed by atoms with Crippen LogP contribution in [-0.2, 0) is 59.3 Å². The van der Waals surface area contributed by atoms with Crippen LogP contribution in [0.3, 0.4) is 0 Å². The van der Waals surface area contributed by atoms with Crippen LogP contribution in [0.25, 0.3) is 22.9 Å². The largest absolute Gasteiger partial charge is 0.508 e. The molecule has 1 aromatic carbocycles. The molecule has 68 heavy (non-hydrogen) atoms. The molecule has 2 saturated heterocycles. The number of allylic oxidation sites excluding steroid dienone is 1. The van der Waals surface area contributed by atoms with Crippen molar-refractivity contribution in [2.75, 3.05) is 40.4 Å². The van der Waals surface area contributed by atoms with Gasteiger partial charge >= 0.3 is 5.97 Å². The minimum absolute atomic E-state index is 0.00647. The van der Waals surface area contributed by atoms with Crippen LogP contribution < -0.4 is 10.7 Å². The number of rotatable bonds is 10. The molecule has 3 aliphatic heterocycles. The predicted octanol–water partition coefficient (Wildman–Crippen LogP) is 6.19. The summed E-state index contributed by atoms with van der Waals surface area (Å²) < 4.78 is 14.4. The number of aromatic nitrogens is 2. The molecule has 7 rings (SSSR count). The van der Waals surface area contributed by atoms with Crippen molar-refractivity contribution in [1.82, 2.24) is 35.1 Å². The van der Waals surface area contributed by atoms with Crippen LogP contribution in [0.2, 0.25) is 0 Å². The average molecular weight is 934 g/mol. The number of methoxy groups -OCH3 is 1. The van der Waals surface area contributed by atoms with E-state index in [-0.39, 0.29) is 61.6 Å². The topological polar surface area (TPSA) is 176 Å². The van der Waals surface area contributed by atoms with Crippen LogP contribution >= 0.6 is 0 Å². The molecule has 2 fully saturated rings. The number of benzene rings is 1. The molecule has 5 heterocycles. The Kier molecular flexibility index (Phi) is 15.0. The summed E-state index contributed by atoms with van der Waals surface area (Å²) in [6.45, 7) is 21.6. The first-order valence-corrected chi connectivity index (χ1v) is 24.3. The second kappa shape index (κ2) is 20.4. The lowest BCUT2D eigenvalue weighted by Gasteiger charge is -2.37. The number of hydrogen-bond acceptors (Lipinski definition) is 10. The summed E-state index contributed by atoms with van der Waals surface area (Å²) in [5, 5.41) is 15.9. The smallest absolute Gasteiger partial charge is 0.324 e. The van der Waals surface area contributed by atoms with Crippen LogP contribution in [0.1, 0.15) is 113 Å². The first-order chi connectivity index (χ1) is 32.2. The zero-order valence-corrected chi connectivity index (χ0v) is 41.6. The van der Waals surface area contributed by atoms with Crippen molar-refractivity contribution >= 4 is 41.2 Å². The molecule has 1 unspecified atom stereocenters. The van der Waals surface area contributed by atoms with Crippen LogP contribution in [0.5, 0.6) is 5.75 Å². The van der Waals surface area contributed by atoms with Crippen molar-refractivity contribution in [3.05, 3.63) is 82.3 Å². The van der Waals surface area contributed by atoms with Crippen LogP contribution in [0.15, 0.2) is 43.1 Å². The van der Waals surface area contributed by atoms with E-state index in [1.807, 2.05) is 40.0 Å². The third kappa shape index (κ3) is 10.3. The van der Waals surface area contributed by atoms with Gasteiger partial charge in [0.2, 0.25) is 17.7 Å². The lowest BCUT2D eigenvalue weighted by atomic mass is 9.79. The van der Waals surface area contributed by atoms with E-state index in [2.05, 4.69) is 61.7 Å². The number of cyclic esters (lactones) is 1. The minimum Gasteiger partial charge on any atom is -0.508 e. The van der Waals surface area contributed by atoms with Gasteiger partial charge in [0.25, 0.3) is 5.91 Å². The molecule has 3 aromatic rings. The SMILES string of the molecule is C=CC(=O)N1CC[C@H](C(=O)N(C)[C@H](C(=O)N[C@H]2Cc3cc(O)cc(c3)C3=Cc4c(c(-c5cc(C)cnc5[C@H](C)OC)n(CC)c4CC3C)CC(C)(C)COC(=O)[C@@H]3CCCN(N3)C2=O)C(C)C)C1. The highest BCUT2D eigenvalue weighted by molar-refractivity contribution is 5.94. The minimum atomic E-state index is -1.15. The maximum Gasteiger partial charge on any atom is 0.324 e. The molecule has 0 saturated carbocycles. The monoisotopic (exact) mass is 934 g/mol. The van der Waals surface area contributed by atoms with Crippen molar-refractivity contribution in [2.24, 2.45) is 23.2 Å². The summed E-state index contributed by atoms with van der Waals surface area (Å²) in [4.78, 5) is 77.6. The number of hydrazine groups is 1. The van der Waals surface area contributed by atoms with E-state index in [0.717, 1.165) is 44.8 Å². The highest BCUT2D eigenvalue weighted by Crippen LogP contribution is 2.46. The van der Waals surface area contributed by atoms with E-state index in [9.17, 15) is 29.1 Å². The number of amides is 4. The zero-order valence-electron chi connectivity index (χ0n) is 41.6. The molecular weight excluding hydrogens is 863 g/mol. The molecule has 6 atom stereocenters. The van der Waals surface area contributed by atoms with Crippen molar-refractivity contribution in [3.8, 4) is 17.0 Å². The Morgan fingerprint density at radius 3 is 2.56 bits per heavy atom. The number of carbonyl (C=O) groups excluding carboxylic acids is 5. The fourth-order valence-electron chi connectivity index (χ4n) is 10.7. The number of pyridine rings is 1. The van der Waals surface area contributed by atoms with Crippen molar-refractivity contribution in [2.45, 2.75) is 125 Å². The Hall–Kier alpha value is -5.80. The maximum atomic E-state index is 14.8. The molecule has 15 nitrogen and oxygen atoms in total. The number of likely N-dealkylation sites (N-methyl/N-ethyl adjacent to an activating group) is 1. The summed E-state index contributed by atoms with van der Waals surface area (Å²) >= 11 is 0. The molecule has 3 N–H and O–H groups in total. The van der Waals surface area contributed by atoms with Gasteiger partial charge in [-0.25, -0.2) is 5.43 Å². The van der Waals surface area contributed by atoms with Crippen LogP contribution in [0, 0.1) is 30.1 Å². The Bertz CT molecular complexity index is 2490. The number of esters is 1. The standard InChI is InChI=1S/C53H71N7O8/c1-12-45(62)58-18-16-35(28-58)50(64)57(10)47(30(3)4)49(63)55-43-23-34-21-36(24-37(61)22-34)38-25-39-41(26-53(8,9)29-68-52(66)42-15-14-17-60(56-42)51(43)65)48(59(13-2)44(39)20-32(38)6)40-19-31(5)27-54-46(40)33(7)67-11/h12,19,21-22,24-25,27,30,32-33,35,42-43,47,56,61H,1,13-18,20,23,26,28-29H2,2-11H3,(H,55,63)/t32?,33-,35-,42-,43-,47-/m0/s1. The lowest BCUT2D eigenvalue weighted by molar-refractivity contribution is -0.155. The summed E-state index contributed by atoms with van der Waals surface area (Å²) in [6.07, 6.45) is 7.76. The molecule has 366 valence electrons. The molecule has 1 aliphatic carbocycles. The van der Waals surface area contributed by atoms with E-state index >= 15 is 0 Å². The maximum absolute atomic E-state index is 14.8. The van der Waals surface area contributed by atoms with Gasteiger partial charge in [0.15, 0.2) is 0 Å². The van der Waals surface area contributed by atoms with Gasteiger partial charge in [-0.05, 0) is 128 Å². The van der Waals surface area contributed by atoms with Crippen LogP contribution in [0.4, 0.5) is 0 Å². The Morgan fingerprint density at radius 1 is 1.12 bits per heavy atom. The van der Waals surface area contributed by atoms with Gasteiger partial charge in [-0.1, -0.05) is 47.3 Å². The molecule has 4 aliphatic rings. The number of carbonyl (C=O) groups is 5.